The number of rotatable bonds is 7. The van der Waals surface area contributed by atoms with Gasteiger partial charge in [-0.3, -0.25) is 4.79 Å². The molecular formula is C17H23N3O3. The Morgan fingerprint density at radius 1 is 1.43 bits per heavy atom. The van der Waals surface area contributed by atoms with Gasteiger partial charge in [0.2, 0.25) is 0 Å². The molecule has 1 aromatic rings. The molecule has 1 fully saturated rings. The van der Waals surface area contributed by atoms with Crippen molar-refractivity contribution >= 4 is 5.97 Å². The number of carbonyl (C=O) groups is 1. The molecule has 0 amide bonds. The van der Waals surface area contributed by atoms with E-state index in [2.05, 4.69) is 16.9 Å². The van der Waals surface area contributed by atoms with E-state index in [1.807, 2.05) is 31.2 Å². The lowest BCUT2D eigenvalue weighted by Crippen LogP contribution is -2.26. The lowest BCUT2D eigenvalue weighted by molar-refractivity contribution is -0.144. The zero-order valence-corrected chi connectivity index (χ0v) is 13.8. The van der Waals surface area contributed by atoms with E-state index in [0.29, 0.717) is 18.8 Å². The number of esters is 1. The Labute approximate surface area is 136 Å². The largest absolute Gasteiger partial charge is 0.497 e. The summed E-state index contributed by atoms with van der Waals surface area (Å²) in [7, 11) is 1.64. The number of ether oxygens (including phenoxy) is 2. The molecule has 0 aromatic heterocycles. The SMILES string of the molecule is COc1ccc(C[C@H](C)C[C@H](N=[N+]=[N-])[C@@H]2C[C@@H](C)C(=O)O2)cc1. The second-order valence-electron chi connectivity index (χ2n) is 6.28. The Kier molecular flexibility index (Phi) is 5.88. The highest BCUT2D eigenvalue weighted by Crippen LogP contribution is 2.28. The van der Waals surface area contributed by atoms with E-state index in [1.165, 1.54) is 5.56 Å². The van der Waals surface area contributed by atoms with Gasteiger partial charge in [0, 0.05) is 4.91 Å². The van der Waals surface area contributed by atoms with Crippen LogP contribution >= 0.6 is 0 Å². The highest BCUT2D eigenvalue weighted by Gasteiger charge is 2.36. The Morgan fingerprint density at radius 2 is 2.13 bits per heavy atom. The first-order chi connectivity index (χ1) is 11.0. The molecule has 124 valence electrons. The van der Waals surface area contributed by atoms with Crippen LogP contribution < -0.4 is 4.74 Å². The van der Waals surface area contributed by atoms with Crippen LogP contribution in [0.5, 0.6) is 5.75 Å². The summed E-state index contributed by atoms with van der Waals surface area (Å²) in [5, 5.41) is 3.87. The molecule has 1 aliphatic rings. The molecule has 23 heavy (non-hydrogen) atoms. The number of nitrogens with zero attached hydrogens (tertiary/aromatic N) is 3. The summed E-state index contributed by atoms with van der Waals surface area (Å²) in [6.45, 7) is 3.96. The highest BCUT2D eigenvalue weighted by molar-refractivity contribution is 5.74. The van der Waals surface area contributed by atoms with Gasteiger partial charge in [0.1, 0.15) is 11.9 Å². The highest BCUT2D eigenvalue weighted by atomic mass is 16.6. The first-order valence-corrected chi connectivity index (χ1v) is 7.91. The molecule has 6 nitrogen and oxygen atoms in total. The van der Waals surface area contributed by atoms with E-state index in [9.17, 15) is 4.79 Å². The number of methoxy groups -OCH3 is 1. The molecule has 0 radical (unpaired) electrons. The van der Waals surface area contributed by atoms with E-state index < -0.39 is 0 Å². The Hall–Kier alpha value is -2.20. The minimum absolute atomic E-state index is 0.117. The average molecular weight is 317 g/mol. The van der Waals surface area contributed by atoms with Gasteiger partial charge in [-0.15, -0.1) is 0 Å². The fourth-order valence-electron chi connectivity index (χ4n) is 2.99. The third kappa shape index (κ3) is 4.63. The van der Waals surface area contributed by atoms with Crippen molar-refractivity contribution in [2.45, 2.75) is 45.3 Å². The Morgan fingerprint density at radius 3 is 2.65 bits per heavy atom. The van der Waals surface area contributed by atoms with Crippen LogP contribution in [0.3, 0.4) is 0 Å². The summed E-state index contributed by atoms with van der Waals surface area (Å²) < 4.78 is 10.5. The number of carbonyl (C=O) groups excluding carboxylic acids is 1. The van der Waals surface area contributed by atoms with Gasteiger partial charge < -0.3 is 9.47 Å². The normalized spacial score (nSPS) is 22.8. The molecule has 2 rings (SSSR count). The molecule has 0 spiro atoms. The van der Waals surface area contributed by atoms with Crippen LogP contribution in [-0.2, 0) is 16.0 Å². The predicted molar refractivity (Wildman–Crippen MR) is 87.1 cm³/mol. The summed E-state index contributed by atoms with van der Waals surface area (Å²) >= 11 is 0. The van der Waals surface area contributed by atoms with E-state index in [0.717, 1.165) is 12.2 Å². The van der Waals surface area contributed by atoms with Crippen molar-refractivity contribution in [3.05, 3.63) is 40.3 Å². The van der Waals surface area contributed by atoms with Crippen LogP contribution in [0.2, 0.25) is 0 Å². The van der Waals surface area contributed by atoms with Crippen LogP contribution in [0, 0.1) is 11.8 Å². The van der Waals surface area contributed by atoms with Crippen LogP contribution in [0.25, 0.3) is 10.4 Å². The predicted octanol–water partition coefficient (Wildman–Crippen LogP) is 3.89. The monoisotopic (exact) mass is 317 g/mol. The molecule has 4 atom stereocenters. The van der Waals surface area contributed by atoms with Gasteiger partial charge in [-0.25, -0.2) is 0 Å². The summed E-state index contributed by atoms with van der Waals surface area (Å²) in [6.07, 6.45) is 1.89. The van der Waals surface area contributed by atoms with Gasteiger partial charge in [0.25, 0.3) is 0 Å². The van der Waals surface area contributed by atoms with Gasteiger partial charge in [0.05, 0.1) is 19.1 Å². The maximum atomic E-state index is 11.6. The fraction of sp³-hybridized carbons (Fsp3) is 0.588. The van der Waals surface area contributed by atoms with Crippen molar-refractivity contribution in [2.75, 3.05) is 7.11 Å². The molecule has 1 aromatic carbocycles. The van der Waals surface area contributed by atoms with Crippen LogP contribution in [0.15, 0.2) is 29.4 Å². The minimum atomic E-state index is -0.304. The van der Waals surface area contributed by atoms with Crippen molar-refractivity contribution in [1.82, 2.24) is 0 Å². The smallest absolute Gasteiger partial charge is 0.309 e. The van der Waals surface area contributed by atoms with E-state index in [1.54, 1.807) is 7.11 Å². The van der Waals surface area contributed by atoms with E-state index >= 15 is 0 Å². The van der Waals surface area contributed by atoms with E-state index in [-0.39, 0.29) is 24.0 Å². The number of hydrogen-bond donors (Lipinski definition) is 0. The van der Waals surface area contributed by atoms with Gasteiger partial charge in [-0.2, -0.15) is 0 Å². The molecule has 1 aliphatic heterocycles. The first kappa shape index (κ1) is 17.2. The van der Waals surface area contributed by atoms with Gasteiger partial charge in [0.15, 0.2) is 0 Å². The maximum Gasteiger partial charge on any atom is 0.309 e. The standard InChI is InChI=1S/C17H23N3O3/c1-11(8-13-4-6-14(22-3)7-5-13)9-15(19-20-18)16-10-12(2)17(21)23-16/h4-7,11-12,15-16H,8-10H2,1-3H3/t11-,12+,15-,16-/m0/s1. The number of hydrogen-bond acceptors (Lipinski definition) is 4. The lowest BCUT2D eigenvalue weighted by Gasteiger charge is -2.21. The van der Waals surface area contributed by atoms with Crippen molar-refractivity contribution in [1.29, 1.82) is 0 Å². The third-order valence-electron chi connectivity index (χ3n) is 4.27. The topological polar surface area (TPSA) is 84.3 Å². The summed E-state index contributed by atoms with van der Waals surface area (Å²) in [5.41, 5.74) is 10.00. The van der Waals surface area contributed by atoms with Gasteiger partial charge in [-0.05, 0) is 48.4 Å². The van der Waals surface area contributed by atoms with Crippen molar-refractivity contribution in [3.8, 4) is 5.75 Å². The van der Waals surface area contributed by atoms with Crippen LogP contribution in [-0.4, -0.2) is 25.2 Å². The van der Waals surface area contributed by atoms with Crippen molar-refractivity contribution in [2.24, 2.45) is 17.0 Å². The van der Waals surface area contributed by atoms with Crippen LogP contribution in [0.4, 0.5) is 0 Å². The second kappa shape index (κ2) is 7.88. The summed E-state index contributed by atoms with van der Waals surface area (Å²) in [4.78, 5) is 14.5. The maximum absolute atomic E-state index is 11.6. The van der Waals surface area contributed by atoms with Crippen molar-refractivity contribution < 1.29 is 14.3 Å². The van der Waals surface area contributed by atoms with Crippen LogP contribution in [0.1, 0.15) is 32.3 Å². The summed E-state index contributed by atoms with van der Waals surface area (Å²) in [6, 6.07) is 7.65. The molecule has 0 bridgehead atoms. The molecule has 0 aliphatic carbocycles. The molecule has 1 saturated heterocycles. The molecular weight excluding hydrogens is 294 g/mol. The number of azide groups is 1. The zero-order chi connectivity index (χ0) is 16.8. The minimum Gasteiger partial charge on any atom is -0.497 e. The molecule has 0 unspecified atom stereocenters. The fourth-order valence-corrected chi connectivity index (χ4v) is 2.99. The average Bonchev–Trinajstić information content (AvgIpc) is 2.87. The summed E-state index contributed by atoms with van der Waals surface area (Å²) in [5.74, 6) is 0.831. The molecule has 0 saturated carbocycles. The zero-order valence-electron chi connectivity index (χ0n) is 13.8. The van der Waals surface area contributed by atoms with E-state index in [4.69, 9.17) is 15.0 Å². The third-order valence-corrected chi connectivity index (χ3v) is 4.27. The Balaban J connectivity index is 1.96. The number of cyclic esters (lactones) is 1. The van der Waals surface area contributed by atoms with Gasteiger partial charge in [-0.1, -0.05) is 31.1 Å². The number of benzene rings is 1. The quantitative estimate of drug-likeness (QED) is 0.331. The second-order valence-corrected chi connectivity index (χ2v) is 6.28. The molecule has 6 heteroatoms. The molecule has 1 heterocycles. The van der Waals surface area contributed by atoms with Crippen molar-refractivity contribution in [3.63, 3.8) is 0 Å². The first-order valence-electron chi connectivity index (χ1n) is 7.91. The Bertz CT molecular complexity index is 581. The molecule has 0 N–H and O–H groups in total. The van der Waals surface area contributed by atoms with Gasteiger partial charge >= 0.3 is 5.97 Å². The lowest BCUT2D eigenvalue weighted by atomic mass is 9.91.